The molecule has 74 valence electrons. The summed E-state index contributed by atoms with van der Waals surface area (Å²) in [5.74, 6) is -1.95. The van der Waals surface area contributed by atoms with Gasteiger partial charge in [-0.15, -0.1) is 0 Å². The Morgan fingerprint density at radius 2 is 2.08 bits per heavy atom. The fourth-order valence-electron chi connectivity index (χ4n) is 0.766. The van der Waals surface area contributed by atoms with Crippen LogP contribution in [-0.2, 0) is 23.2 Å². The molecule has 0 bridgehead atoms. The SMILES string of the molecule is N[C@H]1CCC(=O)OP(=O)(O)OC1=O. The van der Waals surface area contributed by atoms with Crippen LogP contribution in [0.4, 0.5) is 0 Å². The van der Waals surface area contributed by atoms with Gasteiger partial charge in [0.1, 0.15) is 6.04 Å². The molecule has 0 aromatic rings. The molecule has 8 heteroatoms. The minimum atomic E-state index is -4.59. The fourth-order valence-corrected chi connectivity index (χ4v) is 1.51. The number of carbonyl (C=O) groups excluding carboxylic acids is 2. The summed E-state index contributed by atoms with van der Waals surface area (Å²) in [6, 6.07) is -1.06. The van der Waals surface area contributed by atoms with Crippen molar-refractivity contribution in [3.8, 4) is 0 Å². The molecule has 1 unspecified atom stereocenters. The first kappa shape index (κ1) is 10.2. The Morgan fingerprint density at radius 3 is 2.69 bits per heavy atom. The van der Waals surface area contributed by atoms with Crippen molar-refractivity contribution in [2.45, 2.75) is 18.9 Å². The number of carbonyl (C=O) groups is 2. The van der Waals surface area contributed by atoms with Crippen molar-refractivity contribution in [3.05, 3.63) is 0 Å². The molecular formula is C5H8NO6P. The first-order valence-electron chi connectivity index (χ1n) is 3.45. The molecule has 3 N–H and O–H groups in total. The molecule has 1 rings (SSSR count). The summed E-state index contributed by atoms with van der Waals surface area (Å²) >= 11 is 0. The van der Waals surface area contributed by atoms with Crippen molar-refractivity contribution in [2.24, 2.45) is 5.73 Å². The predicted molar refractivity (Wildman–Crippen MR) is 39.2 cm³/mol. The van der Waals surface area contributed by atoms with Gasteiger partial charge in [-0.05, 0) is 6.42 Å². The molecule has 0 amide bonds. The molecule has 0 saturated carbocycles. The molecule has 0 aromatic heterocycles. The van der Waals surface area contributed by atoms with E-state index in [-0.39, 0.29) is 12.8 Å². The van der Waals surface area contributed by atoms with E-state index in [4.69, 9.17) is 10.6 Å². The van der Waals surface area contributed by atoms with Gasteiger partial charge in [-0.3, -0.25) is 9.69 Å². The smallest absolute Gasteiger partial charge is 0.361 e. The standard InChI is InChI=1S/C5H8NO6P/c6-3-1-2-4(7)11-13(9,10)12-5(3)8/h3H,1-2,6H2,(H,9,10)/t3-/m0/s1. The van der Waals surface area contributed by atoms with Crippen molar-refractivity contribution in [2.75, 3.05) is 0 Å². The molecule has 0 aromatic carbocycles. The summed E-state index contributed by atoms with van der Waals surface area (Å²) in [6.45, 7) is 0. The normalized spacial score (nSPS) is 35.7. The van der Waals surface area contributed by atoms with Gasteiger partial charge in [0, 0.05) is 6.42 Å². The largest absolute Gasteiger partial charge is 0.589 e. The highest BCUT2D eigenvalue weighted by atomic mass is 31.2. The average molecular weight is 209 g/mol. The van der Waals surface area contributed by atoms with Gasteiger partial charge in [0.25, 0.3) is 0 Å². The summed E-state index contributed by atoms with van der Waals surface area (Å²) in [4.78, 5) is 30.3. The van der Waals surface area contributed by atoms with Crippen LogP contribution < -0.4 is 5.73 Å². The van der Waals surface area contributed by atoms with Gasteiger partial charge in [-0.25, -0.2) is 9.36 Å². The lowest BCUT2D eigenvalue weighted by Crippen LogP contribution is -2.34. The minimum absolute atomic E-state index is 0.0394. The molecule has 7 nitrogen and oxygen atoms in total. The van der Waals surface area contributed by atoms with Crippen molar-refractivity contribution < 1.29 is 28.1 Å². The summed E-state index contributed by atoms with van der Waals surface area (Å²) in [5, 5.41) is 0. The highest BCUT2D eigenvalue weighted by Crippen LogP contribution is 2.45. The van der Waals surface area contributed by atoms with E-state index in [1.54, 1.807) is 0 Å². The molecule has 1 fully saturated rings. The van der Waals surface area contributed by atoms with Crippen molar-refractivity contribution in [1.29, 1.82) is 0 Å². The van der Waals surface area contributed by atoms with Crippen LogP contribution in [0, 0.1) is 0 Å². The lowest BCUT2D eigenvalue weighted by molar-refractivity contribution is -0.144. The molecule has 2 atom stereocenters. The van der Waals surface area contributed by atoms with Crippen LogP contribution in [0.25, 0.3) is 0 Å². The van der Waals surface area contributed by atoms with Crippen LogP contribution in [0.15, 0.2) is 0 Å². The van der Waals surface area contributed by atoms with Gasteiger partial charge in [-0.1, -0.05) is 0 Å². The quantitative estimate of drug-likeness (QED) is 0.506. The van der Waals surface area contributed by atoms with E-state index in [9.17, 15) is 14.2 Å². The molecule has 0 radical (unpaired) electrons. The molecule has 1 aliphatic heterocycles. The van der Waals surface area contributed by atoms with Gasteiger partial charge >= 0.3 is 19.8 Å². The Kier molecular flexibility index (Phi) is 2.70. The second kappa shape index (κ2) is 3.45. The molecule has 13 heavy (non-hydrogen) atoms. The Balaban J connectivity index is 2.79. The highest BCUT2D eigenvalue weighted by Gasteiger charge is 2.35. The zero-order valence-electron chi connectivity index (χ0n) is 6.50. The predicted octanol–water partition coefficient (Wildman–Crippen LogP) is -0.706. The van der Waals surface area contributed by atoms with E-state index in [2.05, 4.69) is 9.05 Å². The topological polar surface area (TPSA) is 116 Å². The Morgan fingerprint density at radius 1 is 1.46 bits per heavy atom. The fraction of sp³-hybridized carbons (Fsp3) is 0.600. The maximum atomic E-state index is 10.8. The number of phosphoric ester groups is 1. The van der Waals surface area contributed by atoms with Crippen LogP contribution in [0.1, 0.15) is 12.8 Å². The van der Waals surface area contributed by atoms with E-state index in [0.717, 1.165) is 0 Å². The minimum Gasteiger partial charge on any atom is -0.361 e. The Labute approximate surface area is 73.4 Å². The van der Waals surface area contributed by atoms with E-state index < -0.39 is 25.8 Å². The molecule has 0 aliphatic carbocycles. The number of hydrogen-bond acceptors (Lipinski definition) is 6. The van der Waals surface area contributed by atoms with Crippen LogP contribution >= 0.6 is 7.82 Å². The lowest BCUT2D eigenvalue weighted by Gasteiger charge is -2.17. The van der Waals surface area contributed by atoms with Crippen molar-refractivity contribution in [3.63, 3.8) is 0 Å². The number of nitrogens with two attached hydrogens (primary N) is 1. The number of phosphoric acid groups is 1. The van der Waals surface area contributed by atoms with Crippen LogP contribution in [0.5, 0.6) is 0 Å². The van der Waals surface area contributed by atoms with Gasteiger partial charge < -0.3 is 14.8 Å². The third-order valence-corrected chi connectivity index (χ3v) is 2.23. The summed E-state index contributed by atoms with van der Waals surface area (Å²) < 4.78 is 18.7. The van der Waals surface area contributed by atoms with Crippen LogP contribution in [-0.4, -0.2) is 22.9 Å². The number of hydrogen-bond donors (Lipinski definition) is 2. The van der Waals surface area contributed by atoms with Crippen molar-refractivity contribution >= 4 is 19.8 Å². The monoisotopic (exact) mass is 209 g/mol. The maximum Gasteiger partial charge on any atom is 0.589 e. The second-order valence-corrected chi connectivity index (χ2v) is 3.79. The zero-order chi connectivity index (χ0) is 10.1. The zero-order valence-corrected chi connectivity index (χ0v) is 7.40. The highest BCUT2D eigenvalue weighted by molar-refractivity contribution is 7.48. The number of rotatable bonds is 0. The summed E-state index contributed by atoms with van der Waals surface area (Å²) in [5.41, 5.74) is 5.22. The summed E-state index contributed by atoms with van der Waals surface area (Å²) in [6.07, 6.45) is -0.140. The van der Waals surface area contributed by atoms with Gasteiger partial charge in [0.15, 0.2) is 0 Å². The third kappa shape index (κ3) is 2.80. The van der Waals surface area contributed by atoms with E-state index in [0.29, 0.717) is 0 Å². The first-order valence-corrected chi connectivity index (χ1v) is 4.94. The van der Waals surface area contributed by atoms with Gasteiger partial charge in [-0.2, -0.15) is 0 Å². The van der Waals surface area contributed by atoms with Crippen molar-refractivity contribution in [1.82, 2.24) is 0 Å². The Hall–Kier alpha value is -0.910. The second-order valence-electron chi connectivity index (χ2n) is 2.49. The summed E-state index contributed by atoms with van der Waals surface area (Å²) in [7, 11) is -4.59. The molecular weight excluding hydrogens is 201 g/mol. The molecule has 1 heterocycles. The lowest BCUT2D eigenvalue weighted by atomic mass is 10.2. The van der Waals surface area contributed by atoms with Gasteiger partial charge in [0.05, 0.1) is 0 Å². The van der Waals surface area contributed by atoms with E-state index >= 15 is 0 Å². The maximum absolute atomic E-state index is 10.8. The molecule has 1 saturated heterocycles. The van der Waals surface area contributed by atoms with E-state index in [1.165, 1.54) is 0 Å². The van der Waals surface area contributed by atoms with Gasteiger partial charge in [0.2, 0.25) is 0 Å². The first-order chi connectivity index (χ1) is 5.91. The third-order valence-electron chi connectivity index (χ3n) is 1.38. The van der Waals surface area contributed by atoms with Crippen LogP contribution in [0.2, 0.25) is 0 Å². The van der Waals surface area contributed by atoms with Crippen LogP contribution in [0.3, 0.4) is 0 Å². The molecule has 0 spiro atoms. The van der Waals surface area contributed by atoms with E-state index in [1.807, 2.05) is 0 Å². The Bertz CT molecular complexity index is 289. The average Bonchev–Trinajstić information content (AvgIpc) is 1.96. The molecule has 1 aliphatic rings.